The Morgan fingerprint density at radius 1 is 1.00 bits per heavy atom. The first-order valence-corrected chi connectivity index (χ1v) is 11.5. The highest BCUT2D eigenvalue weighted by Gasteiger charge is 2.61. The van der Waals surface area contributed by atoms with Crippen LogP contribution in [0.1, 0.15) is 27.1 Å². The molecule has 2 aromatic carbocycles. The number of carbonyl (C=O) groups excluding carboxylic acids is 4. The Balaban J connectivity index is 1.50. The lowest BCUT2D eigenvalue weighted by Crippen LogP contribution is -2.52. The number of nitro benzene ring substituents is 1. The van der Waals surface area contributed by atoms with E-state index in [1.165, 1.54) is 30.3 Å². The van der Waals surface area contributed by atoms with Crippen molar-refractivity contribution in [1.82, 2.24) is 10.0 Å². The summed E-state index contributed by atoms with van der Waals surface area (Å²) in [7, 11) is 0. The summed E-state index contributed by atoms with van der Waals surface area (Å²) in [5.74, 6) is -3.84. The van der Waals surface area contributed by atoms with Gasteiger partial charge in [-0.1, -0.05) is 35.4 Å². The number of carbonyl (C=O) groups is 4. The normalized spacial score (nSPS) is 24.1. The third kappa shape index (κ3) is 3.81. The van der Waals surface area contributed by atoms with Gasteiger partial charge in [0.25, 0.3) is 23.4 Å². The van der Waals surface area contributed by atoms with Crippen LogP contribution in [0.2, 0.25) is 10.0 Å². The van der Waals surface area contributed by atoms with Gasteiger partial charge >= 0.3 is 0 Å². The second kappa shape index (κ2) is 8.58. The van der Waals surface area contributed by atoms with Gasteiger partial charge in [-0.3, -0.25) is 29.3 Å². The fourth-order valence-electron chi connectivity index (χ4n) is 5.16. The van der Waals surface area contributed by atoms with Crippen LogP contribution in [-0.2, 0) is 9.59 Å². The van der Waals surface area contributed by atoms with Crippen LogP contribution in [0.15, 0.2) is 54.6 Å². The van der Waals surface area contributed by atoms with Crippen molar-refractivity contribution in [2.75, 3.05) is 6.54 Å². The van der Waals surface area contributed by atoms with Crippen LogP contribution in [0.4, 0.5) is 5.69 Å². The highest BCUT2D eigenvalue weighted by molar-refractivity contribution is 6.36. The zero-order valence-electron chi connectivity index (χ0n) is 18.0. The molecule has 35 heavy (non-hydrogen) atoms. The van der Waals surface area contributed by atoms with Gasteiger partial charge in [-0.2, -0.15) is 5.01 Å². The molecule has 2 aliphatic carbocycles. The van der Waals surface area contributed by atoms with E-state index in [0.29, 0.717) is 6.42 Å². The van der Waals surface area contributed by atoms with E-state index in [2.05, 4.69) is 0 Å². The van der Waals surface area contributed by atoms with Crippen molar-refractivity contribution in [2.45, 2.75) is 6.42 Å². The minimum absolute atomic E-state index is 0.00342. The van der Waals surface area contributed by atoms with Crippen molar-refractivity contribution >= 4 is 52.4 Å². The fraction of sp³-hybridized carbons (Fsp3) is 0.250. The number of hydrogen-bond acceptors (Lipinski definition) is 6. The van der Waals surface area contributed by atoms with Crippen molar-refractivity contribution < 1.29 is 24.1 Å². The number of allylic oxidation sites excluding steroid dienone is 2. The Labute approximate surface area is 209 Å². The van der Waals surface area contributed by atoms with Crippen molar-refractivity contribution in [3.8, 4) is 0 Å². The quantitative estimate of drug-likeness (QED) is 0.189. The first kappa shape index (κ1) is 23.2. The van der Waals surface area contributed by atoms with E-state index in [1.807, 2.05) is 12.2 Å². The Hall–Kier alpha value is -3.56. The largest absolute Gasteiger partial charge is 0.292 e. The molecule has 0 radical (unpaired) electrons. The van der Waals surface area contributed by atoms with Gasteiger partial charge in [0.15, 0.2) is 5.78 Å². The first-order chi connectivity index (χ1) is 16.7. The van der Waals surface area contributed by atoms with Gasteiger partial charge in [0.2, 0.25) is 0 Å². The van der Waals surface area contributed by atoms with Crippen molar-refractivity contribution in [3.63, 3.8) is 0 Å². The number of non-ortho nitro benzene ring substituents is 1. The van der Waals surface area contributed by atoms with Crippen molar-refractivity contribution in [1.29, 1.82) is 0 Å². The van der Waals surface area contributed by atoms with Crippen LogP contribution in [0.25, 0.3) is 0 Å². The van der Waals surface area contributed by atoms with Gasteiger partial charge in [0.05, 0.1) is 27.3 Å². The molecule has 1 aliphatic heterocycles. The smallest absolute Gasteiger partial charge is 0.274 e. The minimum atomic E-state index is -0.816. The Kier molecular flexibility index (Phi) is 5.69. The third-order valence-corrected chi connectivity index (χ3v) is 7.33. The van der Waals surface area contributed by atoms with E-state index in [4.69, 9.17) is 23.2 Å². The van der Waals surface area contributed by atoms with Gasteiger partial charge < -0.3 is 0 Å². The summed E-state index contributed by atoms with van der Waals surface area (Å²) in [6.45, 7) is -0.644. The number of rotatable bonds is 6. The number of nitro groups is 1. The standard InChI is InChI=1S/C24H17Cl2N3O6/c25-15-5-8-17(18(26)10-15)22(31)27(11-19(30)12-3-6-16(7-4-12)29(34)35)28-23(32)20-13-1-2-14(9-13)21(20)24(28)33/h1-8,10,13-14,20-21H,9,11H2/t13-,14+,20+,21-. The van der Waals surface area contributed by atoms with E-state index in [9.17, 15) is 29.3 Å². The van der Waals surface area contributed by atoms with Gasteiger partial charge in [-0.05, 0) is 48.6 Å². The molecule has 178 valence electrons. The second-order valence-electron chi connectivity index (χ2n) is 8.70. The van der Waals surface area contributed by atoms with E-state index < -0.39 is 46.8 Å². The maximum atomic E-state index is 13.6. The van der Waals surface area contributed by atoms with Crippen molar-refractivity contribution in [2.24, 2.45) is 23.7 Å². The molecule has 3 aliphatic rings. The molecule has 4 atom stereocenters. The maximum Gasteiger partial charge on any atom is 0.274 e. The van der Waals surface area contributed by atoms with Crippen LogP contribution in [-0.4, -0.2) is 45.0 Å². The molecule has 1 heterocycles. The predicted molar refractivity (Wildman–Crippen MR) is 124 cm³/mol. The number of halogens is 2. The number of ketones is 1. The Bertz CT molecular complexity index is 1300. The highest BCUT2D eigenvalue weighted by atomic mass is 35.5. The van der Waals surface area contributed by atoms with Crippen LogP contribution in [0, 0.1) is 33.8 Å². The molecule has 11 heteroatoms. The van der Waals surface area contributed by atoms with Gasteiger partial charge in [-0.15, -0.1) is 0 Å². The van der Waals surface area contributed by atoms with Crippen LogP contribution >= 0.6 is 23.2 Å². The molecule has 0 aromatic heterocycles. The topological polar surface area (TPSA) is 118 Å². The van der Waals surface area contributed by atoms with E-state index >= 15 is 0 Å². The lowest BCUT2D eigenvalue weighted by atomic mass is 9.85. The van der Waals surface area contributed by atoms with E-state index in [1.54, 1.807) is 0 Å². The Morgan fingerprint density at radius 3 is 2.14 bits per heavy atom. The molecule has 2 bridgehead atoms. The molecular formula is C24H17Cl2N3O6. The number of benzene rings is 2. The SMILES string of the molecule is O=C(CN(C(=O)c1ccc(Cl)cc1Cl)N1C(=O)[C@@H]2[C@H](C1=O)[C@H]1C=C[C@@H]2C1)c1ccc([N+](=O)[O-])cc1. The van der Waals surface area contributed by atoms with Crippen LogP contribution < -0.4 is 0 Å². The minimum Gasteiger partial charge on any atom is -0.292 e. The van der Waals surface area contributed by atoms with Gasteiger partial charge in [0, 0.05) is 22.7 Å². The fourth-order valence-corrected chi connectivity index (χ4v) is 5.65. The molecule has 3 amide bonds. The summed E-state index contributed by atoms with van der Waals surface area (Å²) >= 11 is 12.2. The molecule has 5 rings (SSSR count). The summed E-state index contributed by atoms with van der Waals surface area (Å²) in [6.07, 6.45) is 4.55. The first-order valence-electron chi connectivity index (χ1n) is 10.8. The maximum absolute atomic E-state index is 13.6. The summed E-state index contributed by atoms with van der Waals surface area (Å²) < 4.78 is 0. The molecule has 2 fully saturated rings. The van der Waals surface area contributed by atoms with Crippen molar-refractivity contribution in [3.05, 3.63) is 85.9 Å². The number of fused-ring (bicyclic) bond motifs is 5. The molecular weight excluding hydrogens is 497 g/mol. The van der Waals surface area contributed by atoms with Gasteiger partial charge in [0.1, 0.15) is 6.54 Å². The van der Waals surface area contributed by atoms with Crippen LogP contribution in [0.5, 0.6) is 0 Å². The molecule has 0 unspecified atom stereocenters. The second-order valence-corrected chi connectivity index (χ2v) is 9.55. The number of amides is 3. The number of hydrogen-bond donors (Lipinski definition) is 0. The molecule has 0 spiro atoms. The molecule has 2 aromatic rings. The molecule has 1 saturated carbocycles. The number of Topliss-reactive ketones (excluding diaryl/α,β-unsaturated/α-hetero) is 1. The summed E-state index contributed by atoms with van der Waals surface area (Å²) in [6, 6.07) is 8.97. The number of imide groups is 1. The summed E-state index contributed by atoms with van der Waals surface area (Å²) in [4.78, 5) is 63.7. The highest BCUT2D eigenvalue weighted by Crippen LogP contribution is 2.52. The van der Waals surface area contributed by atoms with E-state index in [0.717, 1.165) is 22.2 Å². The van der Waals surface area contributed by atoms with Crippen LogP contribution in [0.3, 0.4) is 0 Å². The average molecular weight is 514 g/mol. The molecule has 9 nitrogen and oxygen atoms in total. The summed E-state index contributed by atoms with van der Waals surface area (Å²) in [5.41, 5.74) is -0.161. The lowest BCUT2D eigenvalue weighted by Gasteiger charge is -2.31. The lowest BCUT2D eigenvalue weighted by molar-refractivity contribution is -0.384. The molecule has 0 N–H and O–H groups in total. The zero-order chi connectivity index (χ0) is 25.0. The predicted octanol–water partition coefficient (Wildman–Crippen LogP) is 3.95. The third-order valence-electron chi connectivity index (χ3n) is 6.78. The molecule has 1 saturated heterocycles. The average Bonchev–Trinajstić information content (AvgIpc) is 3.51. The van der Waals surface area contributed by atoms with E-state index in [-0.39, 0.29) is 38.7 Å². The van der Waals surface area contributed by atoms with Gasteiger partial charge in [-0.25, -0.2) is 5.01 Å². The number of hydrazine groups is 1. The summed E-state index contributed by atoms with van der Waals surface area (Å²) in [5, 5.41) is 12.8. The Morgan fingerprint density at radius 2 is 1.60 bits per heavy atom. The number of nitrogens with zero attached hydrogens (tertiary/aromatic N) is 3. The zero-order valence-corrected chi connectivity index (χ0v) is 19.5. The monoisotopic (exact) mass is 513 g/mol.